The third-order valence-corrected chi connectivity index (χ3v) is 3.80. The number of rotatable bonds is 2. The number of carbonyl (C=O) groups is 1. The van der Waals surface area contributed by atoms with Gasteiger partial charge in [-0.2, -0.15) is 0 Å². The second-order valence-corrected chi connectivity index (χ2v) is 4.89. The Bertz CT molecular complexity index is 401. The van der Waals surface area contributed by atoms with E-state index in [1.807, 2.05) is 0 Å². The van der Waals surface area contributed by atoms with Gasteiger partial charge >= 0.3 is 0 Å². The summed E-state index contributed by atoms with van der Waals surface area (Å²) in [5.74, 6) is 0.0248. The molecule has 0 saturated heterocycles. The number of amides is 1. The molecule has 0 saturated carbocycles. The predicted molar refractivity (Wildman–Crippen MR) is 57.2 cm³/mol. The highest BCUT2D eigenvalue weighted by Crippen LogP contribution is 2.29. The van der Waals surface area contributed by atoms with Crippen LogP contribution in [0.15, 0.2) is 17.5 Å². The Morgan fingerprint density at radius 2 is 2.38 bits per heavy atom. The van der Waals surface area contributed by atoms with E-state index >= 15 is 0 Å². The van der Waals surface area contributed by atoms with E-state index in [0.717, 1.165) is 0 Å². The Balaban J connectivity index is 2.15. The molecule has 2 nitrogen and oxygen atoms in total. The molecule has 0 fully saturated rings. The van der Waals surface area contributed by atoms with Crippen molar-refractivity contribution in [3.8, 4) is 0 Å². The SMILES string of the molecule is CC(=O)NCc1cc2sccc2s1. The van der Waals surface area contributed by atoms with Gasteiger partial charge in [-0.15, -0.1) is 22.7 Å². The van der Waals surface area contributed by atoms with Crippen LogP contribution in [-0.2, 0) is 11.3 Å². The molecule has 13 heavy (non-hydrogen) atoms. The van der Waals surface area contributed by atoms with Crippen LogP contribution in [0.1, 0.15) is 11.8 Å². The molecule has 0 spiro atoms. The minimum Gasteiger partial charge on any atom is -0.351 e. The lowest BCUT2D eigenvalue weighted by Gasteiger charge is -1.96. The van der Waals surface area contributed by atoms with Crippen molar-refractivity contribution >= 4 is 38.0 Å². The molecule has 2 aromatic rings. The van der Waals surface area contributed by atoms with Crippen LogP contribution in [0.5, 0.6) is 0 Å². The molecule has 4 heteroatoms. The molecule has 2 rings (SSSR count). The number of nitrogens with one attached hydrogen (secondary N) is 1. The molecular weight excluding hydrogens is 202 g/mol. The first-order valence-corrected chi connectivity index (χ1v) is 5.65. The number of thiophene rings is 2. The Kier molecular flexibility index (Phi) is 2.33. The van der Waals surface area contributed by atoms with E-state index in [-0.39, 0.29) is 5.91 Å². The van der Waals surface area contributed by atoms with Gasteiger partial charge in [-0.25, -0.2) is 0 Å². The second-order valence-electron chi connectivity index (χ2n) is 2.77. The number of hydrogen-bond acceptors (Lipinski definition) is 3. The van der Waals surface area contributed by atoms with Crippen LogP contribution >= 0.6 is 22.7 Å². The predicted octanol–water partition coefficient (Wildman–Crippen LogP) is 2.60. The monoisotopic (exact) mass is 211 g/mol. The van der Waals surface area contributed by atoms with Crippen molar-refractivity contribution in [3.63, 3.8) is 0 Å². The van der Waals surface area contributed by atoms with Crippen molar-refractivity contribution in [2.45, 2.75) is 13.5 Å². The first kappa shape index (κ1) is 8.72. The van der Waals surface area contributed by atoms with Crippen LogP contribution in [0.4, 0.5) is 0 Å². The standard InChI is InChI=1S/C9H9NOS2/c1-6(11)10-5-7-4-9-8(13-7)2-3-12-9/h2-4H,5H2,1H3,(H,10,11). The van der Waals surface area contributed by atoms with E-state index < -0.39 is 0 Å². The Morgan fingerprint density at radius 1 is 1.54 bits per heavy atom. The van der Waals surface area contributed by atoms with E-state index in [1.165, 1.54) is 21.2 Å². The van der Waals surface area contributed by atoms with Gasteiger partial charge in [0.15, 0.2) is 0 Å². The molecule has 0 aliphatic rings. The molecule has 1 N–H and O–H groups in total. The first-order chi connectivity index (χ1) is 6.25. The number of carbonyl (C=O) groups excluding carboxylic acids is 1. The fourth-order valence-corrected chi connectivity index (χ4v) is 3.19. The Hall–Kier alpha value is -0.870. The second kappa shape index (κ2) is 3.47. The topological polar surface area (TPSA) is 29.1 Å². The third kappa shape index (κ3) is 1.89. The average molecular weight is 211 g/mol. The molecule has 0 aromatic carbocycles. The zero-order valence-electron chi connectivity index (χ0n) is 7.16. The van der Waals surface area contributed by atoms with Gasteiger partial charge in [0, 0.05) is 21.2 Å². The highest BCUT2D eigenvalue weighted by atomic mass is 32.1. The maximum atomic E-state index is 10.7. The Labute approximate surface area is 84.2 Å². The van der Waals surface area contributed by atoms with Crippen molar-refractivity contribution in [1.82, 2.24) is 5.32 Å². The van der Waals surface area contributed by atoms with Crippen molar-refractivity contribution in [2.75, 3.05) is 0 Å². The van der Waals surface area contributed by atoms with Crippen molar-refractivity contribution in [3.05, 3.63) is 22.4 Å². The van der Waals surface area contributed by atoms with Crippen LogP contribution < -0.4 is 5.32 Å². The molecular formula is C9H9NOS2. The quantitative estimate of drug-likeness (QED) is 0.812. The summed E-state index contributed by atoms with van der Waals surface area (Å²) >= 11 is 3.48. The molecule has 68 valence electrons. The molecule has 0 atom stereocenters. The summed E-state index contributed by atoms with van der Waals surface area (Å²) in [6.45, 7) is 2.19. The third-order valence-electron chi connectivity index (χ3n) is 1.70. The van der Waals surface area contributed by atoms with Crippen LogP contribution in [0.3, 0.4) is 0 Å². The smallest absolute Gasteiger partial charge is 0.217 e. The van der Waals surface area contributed by atoms with Crippen LogP contribution in [0.25, 0.3) is 9.40 Å². The fourth-order valence-electron chi connectivity index (χ4n) is 1.11. The summed E-state index contributed by atoms with van der Waals surface area (Å²) in [6.07, 6.45) is 0. The van der Waals surface area contributed by atoms with E-state index in [9.17, 15) is 4.79 Å². The average Bonchev–Trinajstić information content (AvgIpc) is 2.58. The minimum atomic E-state index is 0.0248. The fraction of sp³-hybridized carbons (Fsp3) is 0.222. The zero-order valence-corrected chi connectivity index (χ0v) is 8.80. The largest absolute Gasteiger partial charge is 0.351 e. The van der Waals surface area contributed by atoms with Crippen molar-refractivity contribution in [1.29, 1.82) is 0 Å². The molecule has 1 amide bonds. The summed E-state index contributed by atoms with van der Waals surface area (Å²) in [4.78, 5) is 11.9. The summed E-state index contributed by atoms with van der Waals surface area (Å²) < 4.78 is 2.62. The van der Waals surface area contributed by atoms with Crippen molar-refractivity contribution < 1.29 is 4.79 Å². The van der Waals surface area contributed by atoms with E-state index in [0.29, 0.717) is 6.54 Å². The zero-order chi connectivity index (χ0) is 9.26. The molecule has 0 aliphatic heterocycles. The molecule has 2 aromatic heterocycles. The van der Waals surface area contributed by atoms with Crippen LogP contribution in [-0.4, -0.2) is 5.91 Å². The molecule has 0 unspecified atom stereocenters. The van der Waals surface area contributed by atoms with Crippen molar-refractivity contribution in [2.24, 2.45) is 0 Å². The van der Waals surface area contributed by atoms with Gasteiger partial charge < -0.3 is 5.32 Å². The maximum absolute atomic E-state index is 10.7. The summed E-state index contributed by atoms with van der Waals surface area (Å²) in [7, 11) is 0. The summed E-state index contributed by atoms with van der Waals surface area (Å²) in [5.41, 5.74) is 0. The Morgan fingerprint density at radius 3 is 3.08 bits per heavy atom. The first-order valence-electron chi connectivity index (χ1n) is 3.96. The van der Waals surface area contributed by atoms with Gasteiger partial charge in [-0.1, -0.05) is 0 Å². The van der Waals surface area contributed by atoms with Crippen LogP contribution in [0.2, 0.25) is 0 Å². The van der Waals surface area contributed by atoms with E-state index in [4.69, 9.17) is 0 Å². The highest BCUT2D eigenvalue weighted by molar-refractivity contribution is 7.26. The summed E-state index contributed by atoms with van der Waals surface area (Å²) in [5, 5.41) is 4.88. The van der Waals surface area contributed by atoms with Gasteiger partial charge in [0.2, 0.25) is 5.91 Å². The van der Waals surface area contributed by atoms with Gasteiger partial charge in [-0.05, 0) is 17.5 Å². The molecule has 0 bridgehead atoms. The van der Waals surface area contributed by atoms with E-state index in [1.54, 1.807) is 22.7 Å². The molecule has 2 heterocycles. The summed E-state index contributed by atoms with van der Waals surface area (Å²) in [6, 6.07) is 4.25. The van der Waals surface area contributed by atoms with Gasteiger partial charge in [0.05, 0.1) is 6.54 Å². The molecule has 0 aliphatic carbocycles. The van der Waals surface area contributed by atoms with Gasteiger partial charge in [-0.3, -0.25) is 4.79 Å². The highest BCUT2D eigenvalue weighted by Gasteiger charge is 2.02. The number of fused-ring (bicyclic) bond motifs is 1. The lowest BCUT2D eigenvalue weighted by Crippen LogP contribution is -2.17. The van der Waals surface area contributed by atoms with Gasteiger partial charge in [0.1, 0.15) is 0 Å². The van der Waals surface area contributed by atoms with Crippen LogP contribution in [0, 0.1) is 0 Å². The van der Waals surface area contributed by atoms with E-state index in [2.05, 4.69) is 22.8 Å². The normalized spacial score (nSPS) is 10.5. The molecule has 0 radical (unpaired) electrons. The number of hydrogen-bond donors (Lipinski definition) is 1. The lowest BCUT2D eigenvalue weighted by atomic mass is 10.4. The minimum absolute atomic E-state index is 0.0248. The maximum Gasteiger partial charge on any atom is 0.217 e. The van der Waals surface area contributed by atoms with Gasteiger partial charge in [0.25, 0.3) is 0 Å². The lowest BCUT2D eigenvalue weighted by molar-refractivity contribution is -0.119.